The molecule has 34 heavy (non-hydrogen) atoms. The fraction of sp³-hybridized carbons (Fsp3) is 0.500. The summed E-state index contributed by atoms with van der Waals surface area (Å²) in [7, 11) is 0. The van der Waals surface area contributed by atoms with Crippen LogP contribution in [0, 0.1) is 12.7 Å². The Kier molecular flexibility index (Phi) is 6.33. The van der Waals surface area contributed by atoms with Gasteiger partial charge in [-0.25, -0.2) is 19.0 Å². The minimum Gasteiger partial charge on any atom is -0.444 e. The maximum absolute atomic E-state index is 14.8. The van der Waals surface area contributed by atoms with Crippen molar-refractivity contribution in [1.82, 2.24) is 14.9 Å². The van der Waals surface area contributed by atoms with Crippen LogP contribution < -0.4 is 15.5 Å². The second-order valence-electron chi connectivity index (χ2n) is 9.77. The average molecular weight is 471 g/mol. The van der Waals surface area contributed by atoms with E-state index in [4.69, 9.17) is 10.5 Å². The van der Waals surface area contributed by atoms with Gasteiger partial charge in [0.1, 0.15) is 17.2 Å². The Morgan fingerprint density at radius 2 is 2.00 bits per heavy atom. The van der Waals surface area contributed by atoms with Gasteiger partial charge in [0.15, 0.2) is 0 Å². The highest BCUT2D eigenvalue weighted by molar-refractivity contribution is 6.06. The summed E-state index contributed by atoms with van der Waals surface area (Å²) in [6, 6.07) is 4.13. The van der Waals surface area contributed by atoms with Gasteiger partial charge in [0.05, 0.1) is 12.2 Å². The van der Waals surface area contributed by atoms with E-state index in [1.807, 2.05) is 20.8 Å². The van der Waals surface area contributed by atoms with Gasteiger partial charge in [-0.1, -0.05) is 12.1 Å². The summed E-state index contributed by atoms with van der Waals surface area (Å²) in [5, 5.41) is 0. The topological polar surface area (TPSA) is 105 Å². The van der Waals surface area contributed by atoms with E-state index >= 15 is 0 Å². The molecule has 3 heterocycles. The molecule has 1 saturated heterocycles. The van der Waals surface area contributed by atoms with Gasteiger partial charge in [0.2, 0.25) is 5.95 Å². The molecule has 1 aromatic carbocycles. The standard InChI is InChI=1S/C24H31FN6O3/c1-15-7-5-9-18(25)19(15)30-14-16-13-27-21(26)28-20(16)31(22(30)32)17-8-6-11-29(12-10-17)23(33)34-24(2,3)4/h5,7,9,13,17H,6,8,10-12,14H2,1-4H3,(H2,26,27,28)/t17-/m0/s1. The predicted octanol–water partition coefficient (Wildman–Crippen LogP) is 4.24. The van der Waals surface area contributed by atoms with Crippen LogP contribution in [0.2, 0.25) is 0 Å². The number of urea groups is 1. The molecule has 2 aliphatic rings. The molecule has 1 atom stereocenters. The van der Waals surface area contributed by atoms with Crippen LogP contribution in [-0.2, 0) is 11.3 Å². The van der Waals surface area contributed by atoms with Crippen molar-refractivity contribution in [1.29, 1.82) is 0 Å². The molecule has 2 aromatic rings. The molecule has 2 aliphatic heterocycles. The van der Waals surface area contributed by atoms with Gasteiger partial charge in [-0.2, -0.15) is 4.98 Å². The van der Waals surface area contributed by atoms with Crippen molar-refractivity contribution in [2.75, 3.05) is 28.6 Å². The second-order valence-corrected chi connectivity index (χ2v) is 9.77. The smallest absolute Gasteiger partial charge is 0.410 e. The molecule has 3 amide bonds. The van der Waals surface area contributed by atoms with Crippen molar-refractivity contribution in [2.24, 2.45) is 0 Å². The van der Waals surface area contributed by atoms with E-state index in [-0.39, 0.29) is 36.3 Å². The molecule has 0 radical (unpaired) electrons. The lowest BCUT2D eigenvalue weighted by Crippen LogP contribution is -2.53. The first-order chi connectivity index (χ1) is 16.0. The maximum Gasteiger partial charge on any atom is 0.410 e. The Morgan fingerprint density at radius 3 is 2.71 bits per heavy atom. The number of rotatable bonds is 2. The van der Waals surface area contributed by atoms with E-state index in [1.54, 1.807) is 35.1 Å². The van der Waals surface area contributed by atoms with Gasteiger partial charge >= 0.3 is 12.1 Å². The fourth-order valence-electron chi connectivity index (χ4n) is 4.50. The summed E-state index contributed by atoms with van der Waals surface area (Å²) in [5.74, 6) is 0.0413. The number of likely N-dealkylation sites (tertiary alicyclic amines) is 1. The van der Waals surface area contributed by atoms with Crippen LogP contribution in [0.4, 0.5) is 31.4 Å². The molecule has 0 aliphatic carbocycles. The largest absolute Gasteiger partial charge is 0.444 e. The number of aromatic nitrogens is 2. The Bertz CT molecular complexity index is 1080. The van der Waals surface area contributed by atoms with Gasteiger partial charge in [-0.05, 0) is 58.6 Å². The molecule has 182 valence electrons. The summed E-state index contributed by atoms with van der Waals surface area (Å²) in [5.41, 5.74) is 6.86. The lowest BCUT2D eigenvalue weighted by Gasteiger charge is -2.40. The third-order valence-electron chi connectivity index (χ3n) is 6.03. The number of carbonyl (C=O) groups excluding carboxylic acids is 2. The molecule has 1 fully saturated rings. The molecule has 9 nitrogen and oxygen atoms in total. The first-order valence-electron chi connectivity index (χ1n) is 11.5. The van der Waals surface area contributed by atoms with Gasteiger partial charge < -0.3 is 15.4 Å². The monoisotopic (exact) mass is 470 g/mol. The minimum absolute atomic E-state index is 0.0658. The highest BCUT2D eigenvalue weighted by Crippen LogP contribution is 2.36. The molecule has 10 heteroatoms. The molecule has 2 N–H and O–H groups in total. The van der Waals surface area contributed by atoms with E-state index in [2.05, 4.69) is 9.97 Å². The Labute approximate surface area is 198 Å². The summed E-state index contributed by atoms with van der Waals surface area (Å²) in [6.45, 7) is 8.37. The van der Waals surface area contributed by atoms with E-state index < -0.39 is 11.4 Å². The Hall–Kier alpha value is -3.43. The van der Waals surface area contributed by atoms with Gasteiger partial charge in [-0.15, -0.1) is 0 Å². The van der Waals surface area contributed by atoms with Gasteiger partial charge in [0.25, 0.3) is 0 Å². The van der Waals surface area contributed by atoms with Crippen LogP contribution in [0.25, 0.3) is 0 Å². The van der Waals surface area contributed by atoms with Crippen molar-refractivity contribution in [3.8, 4) is 0 Å². The molecule has 0 saturated carbocycles. The second kappa shape index (κ2) is 9.08. The highest BCUT2D eigenvalue weighted by atomic mass is 19.1. The van der Waals surface area contributed by atoms with Crippen LogP contribution in [0.15, 0.2) is 24.4 Å². The minimum atomic E-state index is -0.586. The number of hydrogen-bond donors (Lipinski definition) is 1. The van der Waals surface area contributed by atoms with Crippen LogP contribution in [0.3, 0.4) is 0 Å². The fourth-order valence-corrected chi connectivity index (χ4v) is 4.50. The normalized spacial score (nSPS) is 19.0. The molecular weight excluding hydrogens is 439 g/mol. The summed E-state index contributed by atoms with van der Waals surface area (Å²) < 4.78 is 20.4. The molecular formula is C24H31FN6O3. The number of nitrogens with zero attached hydrogens (tertiary/aromatic N) is 5. The first kappa shape index (κ1) is 23.7. The summed E-state index contributed by atoms with van der Waals surface area (Å²) in [6.07, 6.45) is 3.08. The molecule has 0 unspecified atom stereocenters. The van der Waals surface area contributed by atoms with Crippen LogP contribution >= 0.6 is 0 Å². The van der Waals surface area contributed by atoms with Crippen molar-refractivity contribution < 1.29 is 18.7 Å². The molecule has 1 aromatic heterocycles. The van der Waals surface area contributed by atoms with E-state index in [9.17, 15) is 14.0 Å². The lowest BCUT2D eigenvalue weighted by atomic mass is 10.0. The number of para-hydroxylation sites is 1. The van der Waals surface area contributed by atoms with E-state index in [0.29, 0.717) is 49.3 Å². The zero-order valence-electron chi connectivity index (χ0n) is 20.0. The number of benzene rings is 1. The number of aryl methyl sites for hydroxylation is 1. The van der Waals surface area contributed by atoms with Crippen molar-refractivity contribution in [3.05, 3.63) is 41.3 Å². The number of amides is 3. The summed E-state index contributed by atoms with van der Waals surface area (Å²) >= 11 is 0. The molecule has 0 spiro atoms. The average Bonchev–Trinajstić information content (AvgIpc) is 2.99. The third kappa shape index (κ3) is 4.76. The molecule has 0 bridgehead atoms. The third-order valence-corrected chi connectivity index (χ3v) is 6.03. The predicted molar refractivity (Wildman–Crippen MR) is 127 cm³/mol. The van der Waals surface area contributed by atoms with Crippen LogP contribution in [0.5, 0.6) is 0 Å². The highest BCUT2D eigenvalue weighted by Gasteiger charge is 2.39. The number of carbonyl (C=O) groups is 2. The zero-order chi connectivity index (χ0) is 24.6. The lowest BCUT2D eigenvalue weighted by molar-refractivity contribution is 0.0256. The number of ether oxygens (including phenoxy) is 1. The van der Waals surface area contributed by atoms with Crippen molar-refractivity contribution in [2.45, 2.75) is 65.1 Å². The molecule has 4 rings (SSSR count). The number of nitrogens with two attached hydrogens (primary N) is 1. The number of halogens is 1. The summed E-state index contributed by atoms with van der Waals surface area (Å²) in [4.78, 5) is 39.6. The Morgan fingerprint density at radius 1 is 1.24 bits per heavy atom. The maximum atomic E-state index is 14.8. The van der Waals surface area contributed by atoms with Crippen LogP contribution in [-0.4, -0.2) is 51.7 Å². The number of hydrogen-bond acceptors (Lipinski definition) is 6. The number of nitrogen functional groups attached to an aromatic ring is 1. The zero-order valence-corrected chi connectivity index (χ0v) is 20.0. The SMILES string of the molecule is Cc1cccc(F)c1N1Cc2cnc(N)nc2N([C@H]2CCCN(C(=O)OC(C)(C)C)CC2)C1=O. The first-order valence-corrected chi connectivity index (χ1v) is 11.5. The quantitative estimate of drug-likeness (QED) is 0.704. The van der Waals surface area contributed by atoms with Gasteiger partial charge in [0, 0.05) is 30.9 Å². The number of anilines is 3. The number of fused-ring (bicyclic) bond motifs is 1. The van der Waals surface area contributed by atoms with Crippen LogP contribution in [0.1, 0.15) is 51.2 Å². The van der Waals surface area contributed by atoms with Gasteiger partial charge in [-0.3, -0.25) is 9.80 Å². The van der Waals surface area contributed by atoms with E-state index in [0.717, 1.165) is 0 Å². The van der Waals surface area contributed by atoms with Crippen molar-refractivity contribution >= 4 is 29.6 Å². The Balaban J connectivity index is 1.65. The van der Waals surface area contributed by atoms with E-state index in [1.165, 1.54) is 11.0 Å². The van der Waals surface area contributed by atoms with Crippen molar-refractivity contribution in [3.63, 3.8) is 0 Å².